The molecule has 0 unspecified atom stereocenters. The highest BCUT2D eigenvalue weighted by molar-refractivity contribution is 6.26. The standard InChI is InChI=1S/C8H18OSi/c1-3-5-6-8-10-9-7-4-2/h3-8H2,1-2H3. The summed E-state index contributed by atoms with van der Waals surface area (Å²) < 4.78 is 5.36. The topological polar surface area (TPSA) is 9.23 Å². The third kappa shape index (κ3) is 8.18. The first kappa shape index (κ1) is 10.2. The van der Waals surface area contributed by atoms with Gasteiger partial charge < -0.3 is 4.43 Å². The maximum absolute atomic E-state index is 5.36. The number of unbranched alkanes of at least 4 members (excludes halogenated alkanes) is 2. The second-order valence-electron chi connectivity index (χ2n) is 2.45. The molecule has 0 aliphatic carbocycles. The van der Waals surface area contributed by atoms with Crippen molar-refractivity contribution in [2.45, 2.75) is 45.6 Å². The fourth-order valence-corrected chi connectivity index (χ4v) is 1.58. The lowest BCUT2D eigenvalue weighted by Crippen LogP contribution is -1.98. The fourth-order valence-electron chi connectivity index (χ4n) is 0.694. The molecular weight excluding hydrogens is 140 g/mol. The van der Waals surface area contributed by atoms with Crippen LogP contribution in [0.1, 0.15) is 39.5 Å². The van der Waals surface area contributed by atoms with E-state index in [2.05, 4.69) is 13.8 Å². The minimum Gasteiger partial charge on any atom is -0.417 e. The third-order valence-corrected chi connectivity index (χ3v) is 2.26. The van der Waals surface area contributed by atoms with Gasteiger partial charge in [0.05, 0.1) is 0 Å². The maximum Gasteiger partial charge on any atom is 0.229 e. The summed E-state index contributed by atoms with van der Waals surface area (Å²) in [7, 11) is 0.749. The molecule has 0 saturated carbocycles. The van der Waals surface area contributed by atoms with Crippen LogP contribution in [0.5, 0.6) is 0 Å². The van der Waals surface area contributed by atoms with E-state index in [1.165, 1.54) is 25.3 Å². The zero-order valence-corrected chi connectivity index (χ0v) is 8.15. The molecule has 0 aromatic rings. The Morgan fingerprint density at radius 2 is 1.90 bits per heavy atom. The molecule has 0 rings (SSSR count). The normalized spacial score (nSPS) is 10.2. The van der Waals surface area contributed by atoms with Gasteiger partial charge >= 0.3 is 0 Å². The van der Waals surface area contributed by atoms with Gasteiger partial charge in [0.1, 0.15) is 0 Å². The van der Waals surface area contributed by atoms with Crippen molar-refractivity contribution in [2.24, 2.45) is 0 Å². The molecule has 0 aliphatic rings. The van der Waals surface area contributed by atoms with E-state index in [1.54, 1.807) is 0 Å². The van der Waals surface area contributed by atoms with Crippen molar-refractivity contribution in [2.75, 3.05) is 6.61 Å². The van der Waals surface area contributed by atoms with Crippen molar-refractivity contribution < 1.29 is 4.43 Å². The number of hydrogen-bond acceptors (Lipinski definition) is 1. The van der Waals surface area contributed by atoms with E-state index >= 15 is 0 Å². The third-order valence-electron chi connectivity index (χ3n) is 1.29. The molecule has 0 amide bonds. The van der Waals surface area contributed by atoms with Crippen LogP contribution in [0.15, 0.2) is 0 Å². The molecule has 0 heterocycles. The molecule has 0 N–H and O–H groups in total. The van der Waals surface area contributed by atoms with E-state index in [9.17, 15) is 0 Å². The Bertz CT molecular complexity index is 49.2. The Labute approximate surface area is 67.1 Å². The Hall–Kier alpha value is 0.177. The van der Waals surface area contributed by atoms with Crippen molar-refractivity contribution in [1.82, 2.24) is 0 Å². The minimum atomic E-state index is 0.749. The SMILES string of the molecule is CCCCC[Si]OCCC. The molecule has 0 fully saturated rings. The van der Waals surface area contributed by atoms with Crippen LogP contribution < -0.4 is 0 Å². The first-order valence-corrected chi connectivity index (χ1v) is 5.38. The molecule has 60 valence electrons. The van der Waals surface area contributed by atoms with Gasteiger partial charge in [0, 0.05) is 6.61 Å². The smallest absolute Gasteiger partial charge is 0.229 e. The number of rotatable bonds is 7. The fraction of sp³-hybridized carbons (Fsp3) is 1.00. The van der Waals surface area contributed by atoms with E-state index in [1.807, 2.05) is 0 Å². The molecule has 0 aliphatic heterocycles. The molecule has 0 aromatic carbocycles. The second kappa shape index (κ2) is 9.18. The average Bonchev–Trinajstić information content (AvgIpc) is 1.97. The molecular formula is C8H18OSi. The van der Waals surface area contributed by atoms with Gasteiger partial charge in [0.15, 0.2) is 0 Å². The second-order valence-corrected chi connectivity index (χ2v) is 3.53. The van der Waals surface area contributed by atoms with Crippen LogP contribution in [0.2, 0.25) is 6.04 Å². The van der Waals surface area contributed by atoms with E-state index in [-0.39, 0.29) is 0 Å². The van der Waals surface area contributed by atoms with Gasteiger partial charge in [0.2, 0.25) is 9.76 Å². The summed E-state index contributed by atoms with van der Waals surface area (Å²) in [5.41, 5.74) is 0. The van der Waals surface area contributed by atoms with Gasteiger partial charge in [0.25, 0.3) is 0 Å². The summed E-state index contributed by atoms with van der Waals surface area (Å²) in [6, 6.07) is 1.27. The van der Waals surface area contributed by atoms with E-state index in [0.29, 0.717) is 0 Å². The zero-order chi connectivity index (χ0) is 7.66. The lowest BCUT2D eigenvalue weighted by Gasteiger charge is -1.98. The van der Waals surface area contributed by atoms with Gasteiger partial charge in [-0.1, -0.05) is 33.1 Å². The average molecular weight is 158 g/mol. The summed E-state index contributed by atoms with van der Waals surface area (Å²) in [6.45, 7) is 5.33. The Kier molecular flexibility index (Phi) is 9.34. The molecule has 0 aromatic heterocycles. The van der Waals surface area contributed by atoms with Crippen LogP contribution in [0.3, 0.4) is 0 Å². The highest BCUT2D eigenvalue weighted by atomic mass is 28.2. The summed E-state index contributed by atoms with van der Waals surface area (Å²) in [5, 5.41) is 0. The Morgan fingerprint density at radius 1 is 1.10 bits per heavy atom. The largest absolute Gasteiger partial charge is 0.417 e. The van der Waals surface area contributed by atoms with Gasteiger partial charge in [-0.25, -0.2) is 0 Å². The summed E-state index contributed by atoms with van der Waals surface area (Å²) >= 11 is 0. The Balaban J connectivity index is 2.65. The van der Waals surface area contributed by atoms with Crippen LogP contribution >= 0.6 is 0 Å². The van der Waals surface area contributed by atoms with Crippen molar-refractivity contribution >= 4 is 9.76 Å². The lowest BCUT2D eigenvalue weighted by atomic mass is 10.3. The molecule has 1 nitrogen and oxygen atoms in total. The van der Waals surface area contributed by atoms with Crippen molar-refractivity contribution in [1.29, 1.82) is 0 Å². The van der Waals surface area contributed by atoms with Crippen LogP contribution in [0, 0.1) is 0 Å². The van der Waals surface area contributed by atoms with Crippen molar-refractivity contribution in [3.05, 3.63) is 0 Å². The molecule has 0 bridgehead atoms. The van der Waals surface area contributed by atoms with Gasteiger partial charge in [-0.15, -0.1) is 0 Å². The molecule has 0 spiro atoms. The van der Waals surface area contributed by atoms with Crippen molar-refractivity contribution in [3.63, 3.8) is 0 Å². The first-order chi connectivity index (χ1) is 4.91. The summed E-state index contributed by atoms with van der Waals surface area (Å²) in [5.74, 6) is 0. The quantitative estimate of drug-likeness (QED) is 0.409. The van der Waals surface area contributed by atoms with Gasteiger partial charge in [-0.05, 0) is 12.5 Å². The zero-order valence-electron chi connectivity index (χ0n) is 7.15. The van der Waals surface area contributed by atoms with E-state index in [4.69, 9.17) is 4.43 Å². The molecule has 2 radical (unpaired) electrons. The summed E-state index contributed by atoms with van der Waals surface area (Å²) in [4.78, 5) is 0. The van der Waals surface area contributed by atoms with Crippen molar-refractivity contribution in [3.8, 4) is 0 Å². The minimum absolute atomic E-state index is 0.749. The highest BCUT2D eigenvalue weighted by Gasteiger charge is 1.89. The van der Waals surface area contributed by atoms with Gasteiger partial charge in [-0.3, -0.25) is 0 Å². The van der Waals surface area contributed by atoms with Crippen LogP contribution in [-0.4, -0.2) is 16.4 Å². The maximum atomic E-state index is 5.36. The first-order valence-electron chi connectivity index (χ1n) is 4.26. The predicted molar refractivity (Wildman–Crippen MR) is 46.3 cm³/mol. The predicted octanol–water partition coefficient (Wildman–Crippen LogP) is 2.64. The van der Waals surface area contributed by atoms with Crippen LogP contribution in [0.4, 0.5) is 0 Å². The molecule has 0 atom stereocenters. The monoisotopic (exact) mass is 158 g/mol. The molecule has 10 heavy (non-hydrogen) atoms. The Morgan fingerprint density at radius 3 is 2.50 bits per heavy atom. The number of hydrogen-bond donors (Lipinski definition) is 0. The molecule has 2 heteroatoms. The lowest BCUT2D eigenvalue weighted by molar-refractivity contribution is 0.334. The van der Waals surface area contributed by atoms with Gasteiger partial charge in [-0.2, -0.15) is 0 Å². The molecule has 0 saturated heterocycles. The van der Waals surface area contributed by atoms with Crippen LogP contribution in [-0.2, 0) is 4.43 Å². The van der Waals surface area contributed by atoms with E-state index < -0.39 is 0 Å². The highest BCUT2D eigenvalue weighted by Crippen LogP contribution is 1.98. The summed E-state index contributed by atoms with van der Waals surface area (Å²) in [6.07, 6.45) is 5.18. The van der Waals surface area contributed by atoms with E-state index in [0.717, 1.165) is 22.8 Å². The van der Waals surface area contributed by atoms with Crippen LogP contribution in [0.25, 0.3) is 0 Å².